The zero-order valence-corrected chi connectivity index (χ0v) is 18.3. The van der Waals surface area contributed by atoms with Crippen LogP contribution in [0.1, 0.15) is 35.2 Å². The van der Waals surface area contributed by atoms with Crippen LogP contribution in [0.4, 0.5) is 0 Å². The molecule has 1 saturated carbocycles. The molecule has 0 bridgehead atoms. The third kappa shape index (κ3) is 4.12. The minimum absolute atomic E-state index is 0.136. The second-order valence-electron chi connectivity index (χ2n) is 7.44. The fraction of sp³-hybridized carbons (Fsp3) is 0.381. The summed E-state index contributed by atoms with van der Waals surface area (Å²) in [4.78, 5) is 13.2. The van der Waals surface area contributed by atoms with Gasteiger partial charge in [0.1, 0.15) is 0 Å². The predicted octanol–water partition coefficient (Wildman–Crippen LogP) is 3.28. The van der Waals surface area contributed by atoms with Gasteiger partial charge in [-0.1, -0.05) is 34.1 Å². The van der Waals surface area contributed by atoms with Crippen LogP contribution >= 0.6 is 15.9 Å². The number of hydrogen-bond acceptors (Lipinski definition) is 4. The molecular formula is C21H23BrN2O4S. The molecule has 1 aliphatic heterocycles. The first-order chi connectivity index (χ1) is 13.9. The lowest BCUT2D eigenvalue weighted by Gasteiger charge is -2.43. The molecule has 1 saturated heterocycles. The number of hydrogen-bond donors (Lipinski definition) is 1. The lowest BCUT2D eigenvalue weighted by Crippen LogP contribution is -2.50. The highest BCUT2D eigenvalue weighted by atomic mass is 79.9. The van der Waals surface area contributed by atoms with Crippen molar-refractivity contribution in [2.24, 2.45) is 0 Å². The highest BCUT2D eigenvalue weighted by Crippen LogP contribution is 2.42. The third-order valence-corrected chi connectivity index (χ3v) is 8.03. The Bertz CT molecular complexity index is 1010. The number of sulfonamides is 1. The third-order valence-electron chi connectivity index (χ3n) is 5.64. The molecule has 1 aliphatic carbocycles. The van der Waals surface area contributed by atoms with E-state index in [0.717, 1.165) is 29.3 Å². The van der Waals surface area contributed by atoms with E-state index in [9.17, 15) is 13.2 Å². The fourth-order valence-corrected chi connectivity index (χ4v) is 5.68. The van der Waals surface area contributed by atoms with Crippen molar-refractivity contribution in [2.75, 3.05) is 26.3 Å². The average Bonchev–Trinajstić information content (AvgIpc) is 2.71. The van der Waals surface area contributed by atoms with E-state index in [2.05, 4.69) is 21.2 Å². The van der Waals surface area contributed by atoms with Crippen LogP contribution in [-0.2, 0) is 20.3 Å². The summed E-state index contributed by atoms with van der Waals surface area (Å²) in [6.45, 7) is 1.42. The Hall–Kier alpha value is -1.74. The summed E-state index contributed by atoms with van der Waals surface area (Å²) < 4.78 is 33.4. The van der Waals surface area contributed by atoms with Crippen LogP contribution in [0.2, 0.25) is 0 Å². The Balaban J connectivity index is 1.57. The first-order valence-corrected chi connectivity index (χ1v) is 11.9. The van der Waals surface area contributed by atoms with Gasteiger partial charge in [0.25, 0.3) is 5.91 Å². The first kappa shape index (κ1) is 20.5. The van der Waals surface area contributed by atoms with Crippen molar-refractivity contribution >= 4 is 31.9 Å². The molecule has 0 atom stereocenters. The molecule has 0 unspecified atom stereocenters. The highest BCUT2D eigenvalue weighted by Gasteiger charge is 2.40. The van der Waals surface area contributed by atoms with E-state index in [0.29, 0.717) is 31.9 Å². The van der Waals surface area contributed by atoms with Crippen molar-refractivity contribution in [3.63, 3.8) is 0 Å². The zero-order chi connectivity index (χ0) is 20.5. The van der Waals surface area contributed by atoms with Crippen molar-refractivity contribution in [1.82, 2.24) is 9.62 Å². The van der Waals surface area contributed by atoms with Gasteiger partial charge in [-0.3, -0.25) is 4.79 Å². The number of halogens is 1. The summed E-state index contributed by atoms with van der Waals surface area (Å²) in [5.74, 6) is -0.260. The highest BCUT2D eigenvalue weighted by molar-refractivity contribution is 9.10. The van der Waals surface area contributed by atoms with Crippen LogP contribution in [-0.4, -0.2) is 44.9 Å². The topological polar surface area (TPSA) is 75.7 Å². The quantitative estimate of drug-likeness (QED) is 0.715. The van der Waals surface area contributed by atoms with Gasteiger partial charge < -0.3 is 10.1 Å². The summed E-state index contributed by atoms with van der Waals surface area (Å²) >= 11 is 3.50. The van der Waals surface area contributed by atoms with Crippen molar-refractivity contribution in [1.29, 1.82) is 0 Å². The van der Waals surface area contributed by atoms with Crippen molar-refractivity contribution in [3.05, 3.63) is 64.1 Å². The number of rotatable bonds is 5. The van der Waals surface area contributed by atoms with Crippen LogP contribution in [0.5, 0.6) is 0 Å². The molecular weight excluding hydrogens is 456 g/mol. The van der Waals surface area contributed by atoms with Gasteiger partial charge in [-0.15, -0.1) is 0 Å². The van der Waals surface area contributed by atoms with Crippen LogP contribution < -0.4 is 5.32 Å². The van der Waals surface area contributed by atoms with Gasteiger partial charge in [0, 0.05) is 23.1 Å². The normalized spacial score (nSPS) is 19.3. The molecule has 0 radical (unpaired) electrons. The van der Waals surface area contributed by atoms with Crippen molar-refractivity contribution in [3.8, 4) is 0 Å². The molecule has 154 valence electrons. The van der Waals surface area contributed by atoms with Crippen LogP contribution in [0.3, 0.4) is 0 Å². The number of morpholine rings is 1. The minimum Gasteiger partial charge on any atom is -0.379 e. The van der Waals surface area contributed by atoms with Crippen molar-refractivity contribution in [2.45, 2.75) is 29.7 Å². The number of ether oxygens (including phenoxy) is 1. The number of carbonyl (C=O) groups excluding carboxylic acids is 1. The molecule has 1 N–H and O–H groups in total. The molecule has 8 heteroatoms. The molecule has 0 spiro atoms. The molecule has 1 amide bonds. The lowest BCUT2D eigenvalue weighted by atomic mass is 9.71. The van der Waals surface area contributed by atoms with E-state index >= 15 is 0 Å². The maximum absolute atomic E-state index is 13.0. The van der Waals surface area contributed by atoms with Gasteiger partial charge in [-0.25, -0.2) is 8.42 Å². The Kier molecular flexibility index (Phi) is 5.79. The summed E-state index contributed by atoms with van der Waals surface area (Å²) in [5.41, 5.74) is 1.00. The molecule has 0 aromatic heterocycles. The average molecular weight is 479 g/mol. The SMILES string of the molecule is O=C(NC1(c2cccc(Br)c2)CCC1)c1cccc(S(=O)(=O)N2CCOCC2)c1. The molecule has 2 fully saturated rings. The first-order valence-electron chi connectivity index (χ1n) is 9.67. The molecule has 1 heterocycles. The van der Waals surface area contributed by atoms with E-state index in [1.807, 2.05) is 24.3 Å². The standard InChI is InChI=1S/C21H23BrN2O4S/c22-18-6-2-5-17(15-18)21(8-3-9-21)23-20(25)16-4-1-7-19(14-16)29(26,27)24-10-12-28-13-11-24/h1-2,4-7,14-15H,3,8-13H2,(H,23,25). The van der Waals surface area contributed by atoms with Crippen LogP contribution in [0, 0.1) is 0 Å². The maximum Gasteiger partial charge on any atom is 0.252 e. The summed E-state index contributed by atoms with van der Waals surface area (Å²) in [5, 5.41) is 3.16. The number of nitrogens with zero attached hydrogens (tertiary/aromatic N) is 1. The number of benzene rings is 2. The fourth-order valence-electron chi connectivity index (χ4n) is 3.83. The van der Waals surface area contributed by atoms with Gasteiger partial charge >= 0.3 is 0 Å². The van der Waals surface area contributed by atoms with E-state index in [4.69, 9.17) is 4.74 Å². The Labute approximate surface area is 179 Å². The van der Waals surface area contributed by atoms with Crippen LogP contribution in [0.15, 0.2) is 57.9 Å². The molecule has 29 heavy (non-hydrogen) atoms. The van der Waals surface area contributed by atoms with Gasteiger partial charge in [0.15, 0.2) is 0 Å². The largest absolute Gasteiger partial charge is 0.379 e. The van der Waals surface area contributed by atoms with Gasteiger partial charge in [-0.2, -0.15) is 4.31 Å². The maximum atomic E-state index is 13.0. The van der Waals surface area contributed by atoms with E-state index in [-0.39, 0.29) is 10.8 Å². The summed E-state index contributed by atoms with van der Waals surface area (Å²) in [7, 11) is -3.64. The van der Waals surface area contributed by atoms with E-state index < -0.39 is 15.6 Å². The second kappa shape index (κ2) is 8.18. The van der Waals surface area contributed by atoms with E-state index in [1.165, 1.54) is 16.4 Å². The molecule has 2 aromatic carbocycles. The Morgan fingerprint density at radius 3 is 2.45 bits per heavy atom. The molecule has 4 rings (SSSR count). The van der Waals surface area contributed by atoms with Gasteiger partial charge in [0.05, 0.1) is 23.6 Å². The minimum atomic E-state index is -3.64. The predicted molar refractivity (Wildman–Crippen MR) is 113 cm³/mol. The number of nitrogens with one attached hydrogen (secondary N) is 1. The number of carbonyl (C=O) groups is 1. The van der Waals surface area contributed by atoms with E-state index in [1.54, 1.807) is 12.1 Å². The number of amides is 1. The molecule has 2 aliphatic rings. The second-order valence-corrected chi connectivity index (χ2v) is 10.3. The zero-order valence-electron chi connectivity index (χ0n) is 15.9. The Morgan fingerprint density at radius 1 is 1.07 bits per heavy atom. The summed E-state index contributed by atoms with van der Waals surface area (Å²) in [6.07, 6.45) is 2.76. The monoisotopic (exact) mass is 478 g/mol. The Morgan fingerprint density at radius 2 is 1.79 bits per heavy atom. The van der Waals surface area contributed by atoms with Crippen molar-refractivity contribution < 1.29 is 17.9 Å². The lowest BCUT2D eigenvalue weighted by molar-refractivity contribution is 0.0730. The molecule has 6 nitrogen and oxygen atoms in total. The summed E-state index contributed by atoms with van der Waals surface area (Å²) in [6, 6.07) is 14.2. The van der Waals surface area contributed by atoms with Crippen LogP contribution in [0.25, 0.3) is 0 Å². The van der Waals surface area contributed by atoms with Gasteiger partial charge in [-0.05, 0) is 55.2 Å². The van der Waals surface area contributed by atoms with Gasteiger partial charge in [0.2, 0.25) is 10.0 Å². The molecule has 2 aromatic rings. The smallest absolute Gasteiger partial charge is 0.252 e.